The largest absolute Gasteiger partial charge is 0.496 e. The SMILES string of the molecule is COc1ccc(Cl)cc1CC(=O)OCC(=O)NC(=O)NCc1cccs1. The molecule has 7 nitrogen and oxygen atoms in total. The zero-order chi connectivity index (χ0) is 18.9. The predicted octanol–water partition coefficient (Wildman–Crippen LogP) is 2.52. The first-order valence-electron chi connectivity index (χ1n) is 7.56. The Morgan fingerprint density at radius 2 is 2.04 bits per heavy atom. The lowest BCUT2D eigenvalue weighted by atomic mass is 10.1. The van der Waals surface area contributed by atoms with E-state index in [1.807, 2.05) is 17.5 Å². The third-order valence-corrected chi connectivity index (χ3v) is 4.31. The average molecular weight is 397 g/mol. The summed E-state index contributed by atoms with van der Waals surface area (Å²) in [5, 5.41) is 6.95. The van der Waals surface area contributed by atoms with Gasteiger partial charge >= 0.3 is 12.0 Å². The summed E-state index contributed by atoms with van der Waals surface area (Å²) in [6.45, 7) is -0.251. The van der Waals surface area contributed by atoms with Gasteiger partial charge in [-0.05, 0) is 29.6 Å². The summed E-state index contributed by atoms with van der Waals surface area (Å²) < 4.78 is 10.0. The molecule has 0 saturated heterocycles. The summed E-state index contributed by atoms with van der Waals surface area (Å²) >= 11 is 7.38. The van der Waals surface area contributed by atoms with Gasteiger partial charge in [0.25, 0.3) is 5.91 Å². The molecule has 0 atom stereocenters. The van der Waals surface area contributed by atoms with E-state index in [-0.39, 0.29) is 6.42 Å². The molecule has 2 N–H and O–H groups in total. The van der Waals surface area contributed by atoms with Gasteiger partial charge in [0.1, 0.15) is 5.75 Å². The van der Waals surface area contributed by atoms with Gasteiger partial charge in [0.2, 0.25) is 0 Å². The number of benzene rings is 1. The smallest absolute Gasteiger partial charge is 0.321 e. The van der Waals surface area contributed by atoms with E-state index in [9.17, 15) is 14.4 Å². The second-order valence-corrected chi connectivity index (χ2v) is 6.57. The first-order valence-corrected chi connectivity index (χ1v) is 8.82. The van der Waals surface area contributed by atoms with Crippen LogP contribution in [0.5, 0.6) is 5.75 Å². The number of halogens is 1. The highest BCUT2D eigenvalue weighted by Gasteiger charge is 2.14. The zero-order valence-electron chi connectivity index (χ0n) is 13.9. The van der Waals surface area contributed by atoms with E-state index in [0.29, 0.717) is 22.9 Å². The maximum absolute atomic E-state index is 11.9. The van der Waals surface area contributed by atoms with Crippen LogP contribution in [0, 0.1) is 0 Å². The number of hydrogen-bond acceptors (Lipinski definition) is 6. The molecular formula is C17H17ClN2O5S. The Kier molecular flexibility index (Phi) is 7.43. The molecule has 2 rings (SSSR count). The standard InChI is InChI=1S/C17H17ClN2O5S/c1-24-14-5-4-12(18)7-11(14)8-16(22)25-10-15(21)20-17(23)19-9-13-3-2-6-26-13/h2-7H,8-10H2,1H3,(H2,19,20,21,23). The van der Waals surface area contributed by atoms with E-state index >= 15 is 0 Å². The fourth-order valence-electron chi connectivity index (χ4n) is 2.03. The quantitative estimate of drug-likeness (QED) is 0.701. The van der Waals surface area contributed by atoms with Crippen LogP contribution in [0.15, 0.2) is 35.7 Å². The molecule has 1 aromatic heterocycles. The van der Waals surface area contributed by atoms with Crippen molar-refractivity contribution in [2.75, 3.05) is 13.7 Å². The van der Waals surface area contributed by atoms with Crippen molar-refractivity contribution in [2.24, 2.45) is 0 Å². The fraction of sp³-hybridized carbons (Fsp3) is 0.235. The minimum Gasteiger partial charge on any atom is -0.496 e. The molecule has 0 saturated carbocycles. The highest BCUT2D eigenvalue weighted by Crippen LogP contribution is 2.23. The summed E-state index contributed by atoms with van der Waals surface area (Å²) in [7, 11) is 1.47. The van der Waals surface area contributed by atoms with Crippen molar-refractivity contribution in [3.63, 3.8) is 0 Å². The number of rotatable bonds is 7. The molecule has 0 aliphatic rings. The number of esters is 1. The van der Waals surface area contributed by atoms with E-state index < -0.39 is 24.5 Å². The van der Waals surface area contributed by atoms with Crippen LogP contribution >= 0.6 is 22.9 Å². The van der Waals surface area contributed by atoms with Crippen molar-refractivity contribution in [1.29, 1.82) is 0 Å². The topological polar surface area (TPSA) is 93.7 Å². The predicted molar refractivity (Wildman–Crippen MR) is 97.4 cm³/mol. The van der Waals surface area contributed by atoms with Gasteiger partial charge in [-0.2, -0.15) is 0 Å². The molecule has 1 aromatic carbocycles. The second-order valence-electron chi connectivity index (χ2n) is 5.10. The molecule has 0 bridgehead atoms. The highest BCUT2D eigenvalue weighted by atomic mass is 35.5. The number of amides is 3. The van der Waals surface area contributed by atoms with Crippen LogP contribution in [0.4, 0.5) is 4.79 Å². The van der Waals surface area contributed by atoms with Crippen LogP contribution in [0.2, 0.25) is 5.02 Å². The highest BCUT2D eigenvalue weighted by molar-refractivity contribution is 7.09. The van der Waals surface area contributed by atoms with Crippen molar-refractivity contribution in [3.05, 3.63) is 51.2 Å². The first kappa shape index (κ1) is 19.7. The number of carbonyl (C=O) groups is 3. The number of carbonyl (C=O) groups excluding carboxylic acids is 3. The lowest BCUT2D eigenvalue weighted by Crippen LogP contribution is -2.41. The first-order chi connectivity index (χ1) is 12.5. The molecule has 0 spiro atoms. The molecule has 26 heavy (non-hydrogen) atoms. The second kappa shape index (κ2) is 9.79. The molecule has 3 amide bonds. The van der Waals surface area contributed by atoms with Crippen molar-refractivity contribution < 1.29 is 23.9 Å². The summed E-state index contributed by atoms with van der Waals surface area (Å²) in [6, 6.07) is 7.92. The number of methoxy groups -OCH3 is 1. The van der Waals surface area contributed by atoms with Crippen molar-refractivity contribution >= 4 is 40.8 Å². The monoisotopic (exact) mass is 396 g/mol. The number of urea groups is 1. The van der Waals surface area contributed by atoms with E-state index in [2.05, 4.69) is 10.6 Å². The molecule has 0 aliphatic carbocycles. The van der Waals surface area contributed by atoms with E-state index in [1.165, 1.54) is 18.4 Å². The Morgan fingerprint density at radius 1 is 1.23 bits per heavy atom. The van der Waals surface area contributed by atoms with Gasteiger partial charge in [0.05, 0.1) is 20.1 Å². The Hall–Kier alpha value is -2.58. The van der Waals surface area contributed by atoms with Crippen LogP contribution in [0.25, 0.3) is 0 Å². The number of imide groups is 1. The van der Waals surface area contributed by atoms with Crippen molar-refractivity contribution in [1.82, 2.24) is 10.6 Å². The summed E-state index contributed by atoms with van der Waals surface area (Å²) in [4.78, 5) is 36.1. The van der Waals surface area contributed by atoms with Gasteiger partial charge in [-0.1, -0.05) is 17.7 Å². The number of thiophene rings is 1. The minimum atomic E-state index is -0.722. The van der Waals surface area contributed by atoms with Gasteiger partial charge in [-0.3, -0.25) is 14.9 Å². The van der Waals surface area contributed by atoms with Crippen LogP contribution in [-0.2, 0) is 27.3 Å². The maximum Gasteiger partial charge on any atom is 0.321 e. The Bertz CT molecular complexity index is 779. The van der Waals surface area contributed by atoms with Crippen LogP contribution in [-0.4, -0.2) is 31.6 Å². The lowest BCUT2D eigenvalue weighted by molar-refractivity contribution is -0.147. The number of nitrogens with one attached hydrogen (secondary N) is 2. The fourth-order valence-corrected chi connectivity index (χ4v) is 2.86. The van der Waals surface area contributed by atoms with E-state index in [0.717, 1.165) is 4.88 Å². The molecule has 1 heterocycles. The molecule has 0 aliphatic heterocycles. The molecule has 0 unspecified atom stereocenters. The van der Waals surface area contributed by atoms with Crippen molar-refractivity contribution in [2.45, 2.75) is 13.0 Å². The summed E-state index contributed by atoms with van der Waals surface area (Å²) in [5.41, 5.74) is 0.541. The minimum absolute atomic E-state index is 0.110. The molecule has 0 radical (unpaired) electrons. The van der Waals surface area contributed by atoms with Crippen molar-refractivity contribution in [3.8, 4) is 5.75 Å². The number of ether oxygens (including phenoxy) is 2. The van der Waals surface area contributed by atoms with Crippen LogP contribution in [0.1, 0.15) is 10.4 Å². The van der Waals surface area contributed by atoms with E-state index in [4.69, 9.17) is 21.1 Å². The third kappa shape index (κ3) is 6.38. The molecule has 2 aromatic rings. The van der Waals surface area contributed by atoms with Gasteiger partial charge in [-0.25, -0.2) is 4.79 Å². The molecular weight excluding hydrogens is 380 g/mol. The zero-order valence-corrected chi connectivity index (χ0v) is 15.5. The third-order valence-electron chi connectivity index (χ3n) is 3.20. The lowest BCUT2D eigenvalue weighted by Gasteiger charge is -2.09. The van der Waals surface area contributed by atoms with Gasteiger partial charge in [0.15, 0.2) is 6.61 Å². The normalized spacial score (nSPS) is 10.1. The molecule has 9 heteroatoms. The average Bonchev–Trinajstić information content (AvgIpc) is 3.12. The Morgan fingerprint density at radius 3 is 2.73 bits per heavy atom. The maximum atomic E-state index is 11.9. The van der Waals surface area contributed by atoms with Gasteiger partial charge in [-0.15, -0.1) is 11.3 Å². The van der Waals surface area contributed by atoms with Gasteiger partial charge in [0, 0.05) is 15.5 Å². The summed E-state index contributed by atoms with van der Waals surface area (Å²) in [5.74, 6) is -0.872. The molecule has 138 valence electrons. The number of hydrogen-bond donors (Lipinski definition) is 2. The Balaban J connectivity index is 1.73. The molecule has 0 fully saturated rings. The summed E-state index contributed by atoms with van der Waals surface area (Å²) in [6.07, 6.45) is -0.110. The Labute approximate surface area is 159 Å². The van der Waals surface area contributed by atoms with E-state index in [1.54, 1.807) is 18.2 Å². The van der Waals surface area contributed by atoms with Gasteiger partial charge < -0.3 is 14.8 Å². The van der Waals surface area contributed by atoms with Crippen LogP contribution < -0.4 is 15.4 Å². The van der Waals surface area contributed by atoms with Crippen LogP contribution in [0.3, 0.4) is 0 Å².